The van der Waals surface area contributed by atoms with Crippen molar-refractivity contribution in [2.24, 2.45) is 5.10 Å². The maximum absolute atomic E-state index is 12.3. The number of methoxy groups -OCH3 is 1. The van der Waals surface area contributed by atoms with Crippen LogP contribution in [0.2, 0.25) is 10.0 Å². The van der Waals surface area contributed by atoms with Crippen molar-refractivity contribution >= 4 is 35.3 Å². The minimum Gasteiger partial charge on any atom is -0.493 e. The van der Waals surface area contributed by atoms with E-state index in [-0.39, 0.29) is 5.91 Å². The van der Waals surface area contributed by atoms with E-state index >= 15 is 0 Å². The van der Waals surface area contributed by atoms with Crippen molar-refractivity contribution in [1.82, 2.24) is 5.43 Å². The molecule has 3 aromatic carbocycles. The fraction of sp³-hybridized carbons (Fsp3) is 0.167. The number of hydrogen-bond donors (Lipinski definition) is 1. The van der Waals surface area contributed by atoms with Crippen LogP contribution in [0, 0.1) is 0 Å². The van der Waals surface area contributed by atoms with Crippen LogP contribution in [-0.4, -0.2) is 25.8 Å². The molecule has 0 aliphatic rings. The van der Waals surface area contributed by atoms with Gasteiger partial charge in [0.1, 0.15) is 12.4 Å². The summed E-state index contributed by atoms with van der Waals surface area (Å²) in [5.74, 6) is 1.38. The third-order valence-corrected chi connectivity index (χ3v) is 4.98. The highest BCUT2D eigenvalue weighted by molar-refractivity contribution is 6.35. The lowest BCUT2D eigenvalue weighted by molar-refractivity contribution is 0.0954. The molecule has 0 saturated heterocycles. The Kier molecular flexibility index (Phi) is 8.36. The topological polar surface area (TPSA) is 69.2 Å². The van der Waals surface area contributed by atoms with Gasteiger partial charge in [0, 0.05) is 21.2 Å². The summed E-state index contributed by atoms with van der Waals surface area (Å²) in [5, 5.41) is 5.15. The Hall–Kier alpha value is -3.22. The summed E-state index contributed by atoms with van der Waals surface area (Å²) >= 11 is 12.1. The molecule has 0 saturated carbocycles. The fourth-order valence-electron chi connectivity index (χ4n) is 2.76. The normalized spacial score (nSPS) is 10.8. The van der Waals surface area contributed by atoms with Gasteiger partial charge in [0.2, 0.25) is 0 Å². The van der Waals surface area contributed by atoms with Gasteiger partial charge < -0.3 is 14.2 Å². The molecule has 0 aliphatic carbocycles. The Bertz CT molecular complexity index is 1100. The first-order valence-electron chi connectivity index (χ1n) is 9.81. The molecule has 0 bridgehead atoms. The molecule has 3 aromatic rings. The first-order chi connectivity index (χ1) is 15.5. The molecule has 32 heavy (non-hydrogen) atoms. The molecule has 6 nitrogen and oxygen atoms in total. The summed E-state index contributed by atoms with van der Waals surface area (Å²) in [6, 6.07) is 17.5. The van der Waals surface area contributed by atoms with E-state index in [1.54, 1.807) is 36.5 Å². The summed E-state index contributed by atoms with van der Waals surface area (Å²) in [5.41, 5.74) is 4.55. The second kappa shape index (κ2) is 11.4. The van der Waals surface area contributed by atoms with E-state index in [9.17, 15) is 4.79 Å². The number of rotatable bonds is 9. The molecule has 1 amide bonds. The van der Waals surface area contributed by atoms with Gasteiger partial charge in [-0.25, -0.2) is 5.43 Å². The van der Waals surface area contributed by atoms with Crippen molar-refractivity contribution in [3.8, 4) is 17.2 Å². The van der Waals surface area contributed by atoms with Crippen molar-refractivity contribution in [3.05, 3.63) is 87.4 Å². The molecule has 0 atom stereocenters. The zero-order chi connectivity index (χ0) is 22.9. The van der Waals surface area contributed by atoms with Crippen LogP contribution in [0.3, 0.4) is 0 Å². The van der Waals surface area contributed by atoms with E-state index in [2.05, 4.69) is 10.5 Å². The predicted molar refractivity (Wildman–Crippen MR) is 126 cm³/mol. The van der Waals surface area contributed by atoms with E-state index in [0.717, 1.165) is 11.1 Å². The van der Waals surface area contributed by atoms with Crippen LogP contribution >= 0.6 is 23.2 Å². The summed E-state index contributed by atoms with van der Waals surface area (Å²) in [4.78, 5) is 12.3. The van der Waals surface area contributed by atoms with E-state index in [4.69, 9.17) is 37.4 Å². The molecule has 166 valence electrons. The maximum Gasteiger partial charge on any atom is 0.271 e. The lowest BCUT2D eigenvalue weighted by Crippen LogP contribution is -2.17. The molecule has 8 heteroatoms. The smallest absolute Gasteiger partial charge is 0.271 e. The lowest BCUT2D eigenvalue weighted by Gasteiger charge is -2.10. The number of ether oxygens (including phenoxy) is 3. The highest BCUT2D eigenvalue weighted by Crippen LogP contribution is 2.28. The van der Waals surface area contributed by atoms with Gasteiger partial charge in [0.25, 0.3) is 5.91 Å². The zero-order valence-electron chi connectivity index (χ0n) is 17.6. The van der Waals surface area contributed by atoms with Crippen LogP contribution in [0.5, 0.6) is 17.2 Å². The van der Waals surface area contributed by atoms with Gasteiger partial charge in [-0.2, -0.15) is 5.10 Å². The van der Waals surface area contributed by atoms with Crippen molar-refractivity contribution in [2.45, 2.75) is 13.5 Å². The Morgan fingerprint density at radius 3 is 2.47 bits per heavy atom. The number of hydrazone groups is 1. The van der Waals surface area contributed by atoms with Gasteiger partial charge in [-0.05, 0) is 67.1 Å². The SMILES string of the molecule is CCOc1ccc(C(=O)N/N=C/c2ccc(OCc3ccc(Cl)cc3Cl)cc2)cc1OC. The molecular formula is C24H22Cl2N2O4. The van der Waals surface area contributed by atoms with Crippen molar-refractivity contribution in [1.29, 1.82) is 0 Å². The van der Waals surface area contributed by atoms with Crippen LogP contribution < -0.4 is 19.6 Å². The number of hydrogen-bond acceptors (Lipinski definition) is 5. The van der Waals surface area contributed by atoms with Gasteiger partial charge in [-0.1, -0.05) is 29.3 Å². The average molecular weight is 473 g/mol. The number of amides is 1. The first kappa shape index (κ1) is 23.4. The Labute approximate surface area is 196 Å². The standard InChI is InChI=1S/C24H22Cl2N2O4/c1-3-31-22-11-7-17(12-23(22)30-2)24(29)28-27-14-16-4-9-20(10-5-16)32-15-18-6-8-19(25)13-21(18)26/h4-14H,3,15H2,1-2H3,(H,28,29)/b27-14+. The number of carbonyl (C=O) groups is 1. The third-order valence-electron chi connectivity index (χ3n) is 4.39. The molecule has 3 rings (SSSR count). The minimum absolute atomic E-state index is 0.324. The number of nitrogens with zero attached hydrogens (tertiary/aromatic N) is 1. The molecule has 1 N–H and O–H groups in total. The van der Waals surface area contributed by atoms with Crippen LogP contribution in [0.25, 0.3) is 0 Å². The van der Waals surface area contributed by atoms with Gasteiger partial charge in [-0.3, -0.25) is 4.79 Å². The molecular weight excluding hydrogens is 451 g/mol. The molecule has 0 spiro atoms. The molecule has 0 aliphatic heterocycles. The number of carbonyl (C=O) groups excluding carboxylic acids is 1. The van der Waals surface area contributed by atoms with Crippen molar-refractivity contribution in [3.63, 3.8) is 0 Å². The largest absolute Gasteiger partial charge is 0.493 e. The van der Waals surface area contributed by atoms with E-state index in [0.29, 0.717) is 46.1 Å². The molecule has 0 radical (unpaired) electrons. The van der Waals surface area contributed by atoms with Gasteiger partial charge in [0.05, 0.1) is 19.9 Å². The second-order valence-corrected chi connectivity index (χ2v) is 7.43. The zero-order valence-corrected chi connectivity index (χ0v) is 19.1. The van der Waals surface area contributed by atoms with Crippen molar-refractivity contribution in [2.75, 3.05) is 13.7 Å². The Balaban J connectivity index is 1.55. The predicted octanol–water partition coefficient (Wildman–Crippen LogP) is 5.74. The summed E-state index contributed by atoms with van der Waals surface area (Å²) in [6.45, 7) is 2.71. The van der Waals surface area contributed by atoms with Gasteiger partial charge in [0.15, 0.2) is 11.5 Å². The Morgan fingerprint density at radius 2 is 1.78 bits per heavy atom. The third kappa shape index (κ3) is 6.39. The van der Waals surface area contributed by atoms with E-state index < -0.39 is 0 Å². The quantitative estimate of drug-likeness (QED) is 0.318. The molecule has 0 fully saturated rings. The van der Waals surface area contributed by atoms with Crippen LogP contribution in [0.15, 0.2) is 65.8 Å². The van der Waals surface area contributed by atoms with Crippen LogP contribution in [-0.2, 0) is 6.61 Å². The first-order valence-corrected chi connectivity index (χ1v) is 10.6. The highest BCUT2D eigenvalue weighted by atomic mass is 35.5. The summed E-state index contributed by atoms with van der Waals surface area (Å²) < 4.78 is 16.5. The summed E-state index contributed by atoms with van der Waals surface area (Å²) in [7, 11) is 1.52. The average Bonchev–Trinajstić information content (AvgIpc) is 2.79. The van der Waals surface area contributed by atoms with Gasteiger partial charge in [-0.15, -0.1) is 0 Å². The summed E-state index contributed by atoms with van der Waals surface area (Å²) in [6.07, 6.45) is 1.55. The monoisotopic (exact) mass is 472 g/mol. The van der Waals surface area contributed by atoms with Crippen LogP contribution in [0.1, 0.15) is 28.4 Å². The number of nitrogens with one attached hydrogen (secondary N) is 1. The molecule has 0 heterocycles. The van der Waals surface area contributed by atoms with Crippen LogP contribution in [0.4, 0.5) is 0 Å². The number of benzene rings is 3. The fourth-order valence-corrected chi connectivity index (χ4v) is 3.23. The molecule has 0 unspecified atom stereocenters. The minimum atomic E-state index is -0.359. The molecule has 0 aromatic heterocycles. The van der Waals surface area contributed by atoms with E-state index in [1.165, 1.54) is 7.11 Å². The Morgan fingerprint density at radius 1 is 1.00 bits per heavy atom. The van der Waals surface area contributed by atoms with Gasteiger partial charge >= 0.3 is 0 Å². The second-order valence-electron chi connectivity index (χ2n) is 6.59. The van der Waals surface area contributed by atoms with E-state index in [1.807, 2.05) is 37.3 Å². The van der Waals surface area contributed by atoms with Crippen molar-refractivity contribution < 1.29 is 19.0 Å². The lowest BCUT2D eigenvalue weighted by atomic mass is 10.2. The highest BCUT2D eigenvalue weighted by Gasteiger charge is 2.10. The maximum atomic E-state index is 12.3. The number of halogens is 2.